The van der Waals surface area contributed by atoms with Crippen molar-refractivity contribution in [1.82, 2.24) is 0 Å². The van der Waals surface area contributed by atoms with Gasteiger partial charge in [0.15, 0.2) is 5.43 Å². The Morgan fingerprint density at radius 3 is 2.38 bits per heavy atom. The van der Waals surface area contributed by atoms with Crippen molar-refractivity contribution in [2.24, 2.45) is 5.41 Å². The molecule has 0 aliphatic heterocycles. The lowest BCUT2D eigenvalue weighted by atomic mass is 9.85. The molecule has 0 spiro atoms. The highest BCUT2D eigenvalue weighted by Gasteiger charge is 2.34. The van der Waals surface area contributed by atoms with Crippen LogP contribution >= 0.6 is 11.6 Å². The number of carbonyl (C=O) groups is 1. The van der Waals surface area contributed by atoms with Crippen molar-refractivity contribution in [1.29, 1.82) is 0 Å². The highest BCUT2D eigenvalue weighted by atomic mass is 35.5. The van der Waals surface area contributed by atoms with Crippen LogP contribution in [0.2, 0.25) is 5.02 Å². The average Bonchev–Trinajstić information content (AvgIpc) is 2.75. The maximum absolute atomic E-state index is 13.1. The number of hydrogen-bond acceptors (Lipinski definition) is 6. The second-order valence-electron chi connectivity index (χ2n) is 9.48. The fraction of sp³-hybridized carbons (Fsp3) is 0.407. The Labute approximate surface area is 204 Å². The predicted molar refractivity (Wildman–Crippen MR) is 134 cm³/mol. The largest absolute Gasteiger partial charge is 0.507 e. The molecule has 1 aromatic heterocycles. The lowest BCUT2D eigenvalue weighted by Gasteiger charge is -2.30. The molecule has 0 aliphatic carbocycles. The van der Waals surface area contributed by atoms with Gasteiger partial charge in [-0.05, 0) is 45.7 Å². The minimum absolute atomic E-state index is 0.0401. The van der Waals surface area contributed by atoms with E-state index in [4.69, 9.17) is 20.8 Å². The molecule has 0 radical (unpaired) electrons. The van der Waals surface area contributed by atoms with Gasteiger partial charge in [-0.25, -0.2) is 0 Å². The van der Waals surface area contributed by atoms with Gasteiger partial charge in [0.05, 0.1) is 10.4 Å². The number of ether oxygens (including phenoxy) is 1. The molecular formula is C27H31ClO6. The summed E-state index contributed by atoms with van der Waals surface area (Å²) in [5.74, 6) is -1.22. The zero-order valence-electron chi connectivity index (χ0n) is 20.1. The Morgan fingerprint density at radius 2 is 1.79 bits per heavy atom. The minimum Gasteiger partial charge on any atom is -0.507 e. The van der Waals surface area contributed by atoms with Crippen LogP contribution < -0.4 is 5.43 Å². The molecule has 3 rings (SSSR count). The second kappa shape index (κ2) is 10.1. The fourth-order valence-electron chi connectivity index (χ4n) is 4.06. The highest BCUT2D eigenvalue weighted by molar-refractivity contribution is 6.33. The molecule has 0 saturated carbocycles. The maximum Gasteiger partial charge on any atom is 0.311 e. The Kier molecular flexibility index (Phi) is 7.61. The smallest absolute Gasteiger partial charge is 0.311 e. The van der Waals surface area contributed by atoms with E-state index < -0.39 is 22.9 Å². The fourth-order valence-corrected chi connectivity index (χ4v) is 4.29. The van der Waals surface area contributed by atoms with Crippen LogP contribution in [0.3, 0.4) is 0 Å². The van der Waals surface area contributed by atoms with Crippen LogP contribution in [0.25, 0.3) is 22.3 Å². The summed E-state index contributed by atoms with van der Waals surface area (Å²) in [6, 6.07) is 9.35. The first kappa shape index (κ1) is 25.6. The number of fused-ring (bicyclic) bond motifs is 1. The number of esters is 1. The molecule has 0 bridgehead atoms. The summed E-state index contributed by atoms with van der Waals surface area (Å²) in [6.45, 7) is 9.21. The summed E-state index contributed by atoms with van der Waals surface area (Å²) in [7, 11) is 0. The quantitative estimate of drug-likeness (QED) is 0.357. The van der Waals surface area contributed by atoms with E-state index in [0.717, 1.165) is 12.5 Å². The van der Waals surface area contributed by atoms with Crippen LogP contribution in [0.4, 0.5) is 0 Å². The lowest BCUT2D eigenvalue weighted by Crippen LogP contribution is -2.31. The third kappa shape index (κ3) is 5.07. The lowest BCUT2D eigenvalue weighted by molar-refractivity contribution is -0.160. The van der Waals surface area contributed by atoms with Gasteiger partial charge < -0.3 is 19.4 Å². The molecule has 0 amide bonds. The van der Waals surface area contributed by atoms with E-state index in [2.05, 4.69) is 0 Å². The molecule has 0 unspecified atom stereocenters. The van der Waals surface area contributed by atoms with E-state index in [1.54, 1.807) is 45.0 Å². The third-order valence-electron chi connectivity index (χ3n) is 5.83. The van der Waals surface area contributed by atoms with E-state index in [-0.39, 0.29) is 34.2 Å². The van der Waals surface area contributed by atoms with E-state index in [9.17, 15) is 19.8 Å². The Hall–Kier alpha value is -2.99. The number of aromatic hydroxyl groups is 2. The van der Waals surface area contributed by atoms with E-state index in [1.807, 2.05) is 13.8 Å². The summed E-state index contributed by atoms with van der Waals surface area (Å²) in [6.07, 6.45) is 1.20. The van der Waals surface area contributed by atoms with Gasteiger partial charge in [-0.15, -0.1) is 0 Å². The van der Waals surface area contributed by atoms with Crippen LogP contribution in [0, 0.1) is 5.41 Å². The van der Waals surface area contributed by atoms with E-state index >= 15 is 0 Å². The molecule has 7 heteroatoms. The van der Waals surface area contributed by atoms with Crippen LogP contribution in [0.5, 0.6) is 11.5 Å². The standard InChI is InChI=1S/C27H31ClO6/c1-6-10-16(21(7-2)34-26(32)27(3,4)5)23-18(29)13-19(30)24-20(31)14-22(33-25(23)24)15-11-8-9-12-17(15)28/h8-9,11-14,16,21,29-30H,6-7,10H2,1-5H3/t16-,21+/m0/s1. The van der Waals surface area contributed by atoms with Crippen molar-refractivity contribution in [3.8, 4) is 22.8 Å². The van der Waals surface area contributed by atoms with Crippen LogP contribution in [0.1, 0.15) is 65.4 Å². The first-order chi connectivity index (χ1) is 16.0. The maximum atomic E-state index is 13.1. The number of benzene rings is 2. The summed E-state index contributed by atoms with van der Waals surface area (Å²) in [5.41, 5.74) is -0.273. The summed E-state index contributed by atoms with van der Waals surface area (Å²) in [4.78, 5) is 25.8. The summed E-state index contributed by atoms with van der Waals surface area (Å²) < 4.78 is 12.0. The first-order valence-corrected chi connectivity index (χ1v) is 11.9. The highest BCUT2D eigenvalue weighted by Crippen LogP contribution is 2.43. The topological polar surface area (TPSA) is 97.0 Å². The van der Waals surface area contributed by atoms with E-state index in [0.29, 0.717) is 29.0 Å². The van der Waals surface area contributed by atoms with Crippen molar-refractivity contribution in [3.05, 3.63) is 57.2 Å². The van der Waals surface area contributed by atoms with Crippen LogP contribution in [0.15, 0.2) is 45.6 Å². The molecular weight excluding hydrogens is 456 g/mol. The average molecular weight is 487 g/mol. The summed E-state index contributed by atoms with van der Waals surface area (Å²) in [5, 5.41) is 21.8. The number of rotatable bonds is 7. The Balaban J connectivity index is 2.29. The van der Waals surface area contributed by atoms with Gasteiger partial charge in [-0.1, -0.05) is 44.0 Å². The normalized spacial score (nSPS) is 13.6. The second-order valence-corrected chi connectivity index (χ2v) is 9.89. The number of carbonyl (C=O) groups excluding carboxylic acids is 1. The van der Waals surface area contributed by atoms with Gasteiger partial charge in [0.2, 0.25) is 0 Å². The van der Waals surface area contributed by atoms with E-state index in [1.165, 1.54) is 6.07 Å². The van der Waals surface area contributed by atoms with Gasteiger partial charge in [0.1, 0.15) is 34.3 Å². The van der Waals surface area contributed by atoms with Gasteiger partial charge in [-0.3, -0.25) is 9.59 Å². The Morgan fingerprint density at radius 1 is 1.12 bits per heavy atom. The zero-order chi connectivity index (χ0) is 25.2. The van der Waals surface area contributed by atoms with Crippen molar-refractivity contribution in [2.75, 3.05) is 0 Å². The van der Waals surface area contributed by atoms with Gasteiger partial charge in [-0.2, -0.15) is 0 Å². The number of hydrogen-bond donors (Lipinski definition) is 2. The molecule has 2 aromatic carbocycles. The molecule has 0 saturated heterocycles. The Bertz CT molecular complexity index is 1250. The molecule has 2 atom stereocenters. The molecule has 6 nitrogen and oxygen atoms in total. The van der Waals surface area contributed by atoms with Crippen molar-refractivity contribution < 1.29 is 24.2 Å². The van der Waals surface area contributed by atoms with Crippen LogP contribution in [-0.4, -0.2) is 22.3 Å². The number of halogens is 1. The van der Waals surface area contributed by atoms with Crippen LogP contribution in [-0.2, 0) is 9.53 Å². The molecule has 0 aliphatic rings. The molecule has 0 fully saturated rings. The van der Waals surface area contributed by atoms with Crippen molar-refractivity contribution in [3.63, 3.8) is 0 Å². The first-order valence-electron chi connectivity index (χ1n) is 11.5. The summed E-state index contributed by atoms with van der Waals surface area (Å²) >= 11 is 6.33. The molecule has 1 heterocycles. The third-order valence-corrected chi connectivity index (χ3v) is 6.16. The molecule has 34 heavy (non-hydrogen) atoms. The van der Waals surface area contributed by atoms with Gasteiger partial charge in [0.25, 0.3) is 0 Å². The number of phenolic OH excluding ortho intramolecular Hbond substituents is 2. The van der Waals surface area contributed by atoms with Crippen molar-refractivity contribution in [2.45, 2.75) is 65.9 Å². The van der Waals surface area contributed by atoms with Crippen molar-refractivity contribution >= 4 is 28.5 Å². The predicted octanol–water partition coefficient (Wildman–Crippen LogP) is 6.78. The minimum atomic E-state index is -0.701. The number of phenols is 2. The SMILES string of the molecule is CCC[C@H](c1c(O)cc(O)c2c(=O)cc(-c3ccccc3Cl)oc12)[C@@H](CC)OC(=O)C(C)(C)C. The molecule has 182 valence electrons. The monoisotopic (exact) mass is 486 g/mol. The zero-order valence-corrected chi connectivity index (χ0v) is 20.9. The molecule has 3 aromatic rings. The molecule has 2 N–H and O–H groups in total. The van der Waals surface area contributed by atoms with Gasteiger partial charge in [0, 0.05) is 29.2 Å². The van der Waals surface area contributed by atoms with Gasteiger partial charge >= 0.3 is 5.97 Å².